The number of aryl methyl sites for hydroxylation is 2. The molecule has 1 amide bonds. The van der Waals surface area contributed by atoms with Crippen LogP contribution in [0.1, 0.15) is 25.2 Å². The Hall–Kier alpha value is -2.34. The van der Waals surface area contributed by atoms with Crippen molar-refractivity contribution in [1.29, 1.82) is 0 Å². The summed E-state index contributed by atoms with van der Waals surface area (Å²) in [6, 6.07) is 7.89. The van der Waals surface area contributed by atoms with Crippen LogP contribution >= 0.6 is 0 Å². The molecule has 1 saturated heterocycles. The monoisotopic (exact) mass is 370 g/mol. The quantitative estimate of drug-likeness (QED) is 0.784. The summed E-state index contributed by atoms with van der Waals surface area (Å²) < 4.78 is 8.13. The first kappa shape index (κ1) is 19.4. The Morgan fingerprint density at radius 1 is 1.22 bits per heavy atom. The molecule has 1 aliphatic rings. The van der Waals surface area contributed by atoms with E-state index in [2.05, 4.69) is 9.88 Å². The van der Waals surface area contributed by atoms with Gasteiger partial charge in [-0.2, -0.15) is 0 Å². The zero-order valence-electron chi connectivity index (χ0n) is 16.8. The summed E-state index contributed by atoms with van der Waals surface area (Å²) in [6.45, 7) is 10.1. The van der Waals surface area contributed by atoms with Crippen molar-refractivity contribution in [2.45, 2.75) is 33.4 Å². The van der Waals surface area contributed by atoms with Crippen LogP contribution in [0.5, 0.6) is 5.75 Å². The fourth-order valence-electron chi connectivity index (χ4n) is 3.36. The number of carbonyl (C=O) groups is 1. The molecular weight excluding hydrogens is 340 g/mol. The standard InChI is InChI=1S/C21H30N4O2/c1-16(2)20(27-18-7-5-6-17(3)14-18)21(26)25-12-10-24(11-13-25)15-19-22-8-9-23(19)4/h5-9,14,16,20H,10-13,15H2,1-4H3. The third kappa shape index (κ3) is 4.89. The highest BCUT2D eigenvalue weighted by molar-refractivity contribution is 5.81. The van der Waals surface area contributed by atoms with Crippen molar-refractivity contribution in [3.8, 4) is 5.75 Å². The first-order valence-electron chi connectivity index (χ1n) is 9.64. The first-order valence-corrected chi connectivity index (χ1v) is 9.64. The third-order valence-corrected chi connectivity index (χ3v) is 5.07. The average molecular weight is 370 g/mol. The number of ether oxygens (including phenoxy) is 1. The number of hydrogen-bond acceptors (Lipinski definition) is 4. The van der Waals surface area contributed by atoms with E-state index < -0.39 is 6.10 Å². The van der Waals surface area contributed by atoms with E-state index in [4.69, 9.17) is 4.74 Å². The van der Waals surface area contributed by atoms with Crippen LogP contribution in [0.2, 0.25) is 0 Å². The maximum Gasteiger partial charge on any atom is 0.264 e. The molecule has 1 fully saturated rings. The van der Waals surface area contributed by atoms with Gasteiger partial charge in [0.2, 0.25) is 0 Å². The van der Waals surface area contributed by atoms with Crippen LogP contribution < -0.4 is 4.74 Å². The van der Waals surface area contributed by atoms with E-state index in [-0.39, 0.29) is 11.8 Å². The minimum atomic E-state index is -0.451. The largest absolute Gasteiger partial charge is 0.480 e. The lowest BCUT2D eigenvalue weighted by atomic mass is 10.1. The van der Waals surface area contributed by atoms with Crippen molar-refractivity contribution in [3.05, 3.63) is 48.0 Å². The van der Waals surface area contributed by atoms with Gasteiger partial charge >= 0.3 is 0 Å². The van der Waals surface area contributed by atoms with Gasteiger partial charge in [-0.15, -0.1) is 0 Å². The minimum absolute atomic E-state index is 0.0862. The van der Waals surface area contributed by atoms with E-state index in [1.807, 2.05) is 73.9 Å². The molecule has 27 heavy (non-hydrogen) atoms. The zero-order valence-corrected chi connectivity index (χ0v) is 16.8. The molecule has 0 N–H and O–H groups in total. The normalized spacial score (nSPS) is 16.6. The highest BCUT2D eigenvalue weighted by atomic mass is 16.5. The summed E-state index contributed by atoms with van der Waals surface area (Å²) in [6.07, 6.45) is 3.34. The second-order valence-electron chi connectivity index (χ2n) is 7.65. The van der Waals surface area contributed by atoms with Crippen molar-refractivity contribution in [2.75, 3.05) is 26.2 Å². The SMILES string of the molecule is Cc1cccc(OC(C(=O)N2CCN(Cc3nccn3C)CC2)C(C)C)c1. The summed E-state index contributed by atoms with van der Waals surface area (Å²) >= 11 is 0. The van der Waals surface area contributed by atoms with Crippen LogP contribution in [0.25, 0.3) is 0 Å². The molecule has 2 aromatic rings. The Balaban J connectivity index is 1.58. The number of rotatable bonds is 6. The molecular formula is C21H30N4O2. The molecule has 0 bridgehead atoms. The Labute approximate surface area is 161 Å². The molecule has 1 atom stereocenters. The van der Waals surface area contributed by atoms with Crippen molar-refractivity contribution < 1.29 is 9.53 Å². The molecule has 0 radical (unpaired) electrons. The summed E-state index contributed by atoms with van der Waals surface area (Å²) in [5.74, 6) is 2.01. The number of aromatic nitrogens is 2. The number of nitrogens with zero attached hydrogens (tertiary/aromatic N) is 4. The molecule has 1 unspecified atom stereocenters. The first-order chi connectivity index (χ1) is 12.9. The van der Waals surface area contributed by atoms with Crippen LogP contribution in [0, 0.1) is 12.8 Å². The van der Waals surface area contributed by atoms with Gasteiger partial charge in [-0.1, -0.05) is 26.0 Å². The van der Waals surface area contributed by atoms with Gasteiger partial charge < -0.3 is 14.2 Å². The zero-order chi connectivity index (χ0) is 19.4. The number of amides is 1. The van der Waals surface area contributed by atoms with Gasteiger partial charge in [0.25, 0.3) is 5.91 Å². The van der Waals surface area contributed by atoms with Crippen LogP contribution in [0.3, 0.4) is 0 Å². The van der Waals surface area contributed by atoms with Crippen molar-refractivity contribution >= 4 is 5.91 Å². The number of hydrogen-bond donors (Lipinski definition) is 0. The average Bonchev–Trinajstić information content (AvgIpc) is 3.04. The van der Waals surface area contributed by atoms with Crippen LogP contribution in [0.4, 0.5) is 0 Å². The van der Waals surface area contributed by atoms with E-state index in [0.29, 0.717) is 0 Å². The van der Waals surface area contributed by atoms with E-state index in [9.17, 15) is 4.79 Å². The summed E-state index contributed by atoms with van der Waals surface area (Å²) in [7, 11) is 2.01. The number of carbonyl (C=O) groups excluding carboxylic acids is 1. The van der Waals surface area contributed by atoms with E-state index in [1.54, 1.807) is 0 Å². The van der Waals surface area contributed by atoms with E-state index >= 15 is 0 Å². The molecule has 0 spiro atoms. The molecule has 6 nitrogen and oxygen atoms in total. The second kappa shape index (κ2) is 8.57. The smallest absolute Gasteiger partial charge is 0.264 e. The molecule has 6 heteroatoms. The van der Waals surface area contributed by atoms with Gasteiger partial charge in [-0.05, 0) is 30.5 Å². The van der Waals surface area contributed by atoms with Crippen molar-refractivity contribution in [1.82, 2.24) is 19.4 Å². The summed E-state index contributed by atoms with van der Waals surface area (Å²) in [5, 5.41) is 0. The molecule has 2 heterocycles. The van der Waals surface area contributed by atoms with Crippen LogP contribution in [-0.4, -0.2) is 57.5 Å². The Bertz CT molecular complexity index is 763. The van der Waals surface area contributed by atoms with Crippen LogP contribution in [0.15, 0.2) is 36.7 Å². The van der Waals surface area contributed by atoms with Crippen LogP contribution in [-0.2, 0) is 18.4 Å². The van der Waals surface area contributed by atoms with Gasteiger partial charge in [-0.3, -0.25) is 9.69 Å². The molecule has 1 aromatic heterocycles. The predicted molar refractivity (Wildman–Crippen MR) is 105 cm³/mol. The fourth-order valence-corrected chi connectivity index (χ4v) is 3.36. The topological polar surface area (TPSA) is 50.6 Å². The lowest BCUT2D eigenvalue weighted by molar-refractivity contribution is -0.142. The highest BCUT2D eigenvalue weighted by Crippen LogP contribution is 2.20. The molecule has 0 saturated carbocycles. The minimum Gasteiger partial charge on any atom is -0.480 e. The molecule has 146 valence electrons. The highest BCUT2D eigenvalue weighted by Gasteiger charge is 2.31. The fraction of sp³-hybridized carbons (Fsp3) is 0.524. The third-order valence-electron chi connectivity index (χ3n) is 5.07. The Morgan fingerprint density at radius 2 is 1.96 bits per heavy atom. The van der Waals surface area contributed by atoms with Gasteiger partial charge in [-0.25, -0.2) is 4.98 Å². The summed E-state index contributed by atoms with van der Waals surface area (Å²) in [5.41, 5.74) is 1.13. The Morgan fingerprint density at radius 3 is 2.56 bits per heavy atom. The van der Waals surface area contributed by atoms with Gasteiger partial charge in [0.15, 0.2) is 6.10 Å². The molecule has 1 aliphatic heterocycles. The predicted octanol–water partition coefficient (Wildman–Crippen LogP) is 2.48. The van der Waals surface area contributed by atoms with Gasteiger partial charge in [0, 0.05) is 45.6 Å². The number of piperazine rings is 1. The maximum atomic E-state index is 13.1. The molecule has 0 aliphatic carbocycles. The van der Waals surface area contributed by atoms with Crippen molar-refractivity contribution in [2.24, 2.45) is 13.0 Å². The van der Waals surface area contributed by atoms with E-state index in [0.717, 1.165) is 49.9 Å². The maximum absolute atomic E-state index is 13.1. The molecule has 3 rings (SSSR count). The number of imidazole rings is 1. The second-order valence-corrected chi connectivity index (χ2v) is 7.65. The van der Waals surface area contributed by atoms with E-state index in [1.165, 1.54) is 0 Å². The summed E-state index contributed by atoms with van der Waals surface area (Å²) in [4.78, 5) is 21.7. The lowest BCUT2D eigenvalue weighted by Crippen LogP contribution is -2.53. The lowest BCUT2D eigenvalue weighted by Gasteiger charge is -2.37. The number of benzene rings is 1. The van der Waals surface area contributed by atoms with Gasteiger partial charge in [0.05, 0.1) is 6.54 Å². The Kier molecular flexibility index (Phi) is 6.16. The van der Waals surface area contributed by atoms with Crippen molar-refractivity contribution in [3.63, 3.8) is 0 Å². The van der Waals surface area contributed by atoms with Gasteiger partial charge in [0.1, 0.15) is 11.6 Å². The molecule has 1 aromatic carbocycles.